The van der Waals surface area contributed by atoms with E-state index in [1.165, 1.54) is 0 Å². The van der Waals surface area contributed by atoms with Gasteiger partial charge < -0.3 is 9.67 Å². The topological polar surface area (TPSA) is 25.2 Å². The normalized spacial score (nSPS) is 12.3. The molecule has 15 heavy (non-hydrogen) atoms. The highest BCUT2D eigenvalue weighted by Gasteiger charge is 2.22. The minimum absolute atomic E-state index is 0.816. The van der Waals surface area contributed by atoms with Gasteiger partial charge in [-0.25, -0.2) is 0 Å². The zero-order chi connectivity index (χ0) is 11.2. The second kappa shape index (κ2) is 3.35. The lowest BCUT2D eigenvalue weighted by molar-refractivity contribution is 0.0800. The molecule has 0 radical (unpaired) electrons. The van der Waals surface area contributed by atoms with Crippen molar-refractivity contribution >= 4 is 26.8 Å². The van der Waals surface area contributed by atoms with Crippen LogP contribution in [0.4, 0.5) is 0 Å². The number of hydrogen-bond donors (Lipinski definition) is 1. The fourth-order valence-electron chi connectivity index (χ4n) is 1.86. The van der Waals surface area contributed by atoms with Crippen molar-refractivity contribution < 1.29 is 5.11 Å². The van der Waals surface area contributed by atoms with Crippen LogP contribution in [0.1, 0.15) is 19.4 Å². The third-order valence-corrected chi connectivity index (χ3v) is 3.28. The lowest BCUT2D eigenvalue weighted by Gasteiger charge is -2.16. The number of aryl methyl sites for hydroxylation is 1. The first kappa shape index (κ1) is 10.7. The van der Waals surface area contributed by atoms with Gasteiger partial charge >= 0.3 is 0 Å². The second-order valence-corrected chi connectivity index (χ2v) is 5.20. The van der Waals surface area contributed by atoms with Crippen molar-refractivity contribution in [3.63, 3.8) is 0 Å². The quantitative estimate of drug-likeness (QED) is 0.844. The van der Waals surface area contributed by atoms with Gasteiger partial charge in [-0.3, -0.25) is 0 Å². The maximum Gasteiger partial charge on any atom is 0.0861 e. The van der Waals surface area contributed by atoms with E-state index in [1.54, 1.807) is 13.8 Å². The smallest absolute Gasteiger partial charge is 0.0861 e. The van der Waals surface area contributed by atoms with Crippen LogP contribution in [0, 0.1) is 0 Å². The third-order valence-electron chi connectivity index (χ3n) is 2.62. The number of rotatable bonds is 1. The van der Waals surface area contributed by atoms with E-state index in [4.69, 9.17) is 0 Å². The molecular formula is C12H14BrNO. The van der Waals surface area contributed by atoms with Gasteiger partial charge in [0.25, 0.3) is 0 Å². The van der Waals surface area contributed by atoms with Crippen molar-refractivity contribution in [3.05, 3.63) is 34.4 Å². The van der Waals surface area contributed by atoms with E-state index in [-0.39, 0.29) is 0 Å². The van der Waals surface area contributed by atoms with Gasteiger partial charge in [0.05, 0.1) is 5.60 Å². The molecule has 0 atom stereocenters. The van der Waals surface area contributed by atoms with E-state index < -0.39 is 5.60 Å². The molecule has 0 saturated heterocycles. The Balaban J connectivity index is 2.88. The Labute approximate surface area is 97.7 Å². The van der Waals surface area contributed by atoms with Gasteiger partial charge in [-0.05, 0) is 26.0 Å². The first-order valence-electron chi connectivity index (χ1n) is 4.87. The lowest BCUT2D eigenvalue weighted by Crippen LogP contribution is -2.14. The van der Waals surface area contributed by atoms with Crippen LogP contribution >= 0.6 is 15.9 Å². The molecule has 0 aliphatic rings. The number of aliphatic hydroxyl groups is 1. The predicted octanol–water partition coefficient (Wildman–Crippen LogP) is 3.17. The summed E-state index contributed by atoms with van der Waals surface area (Å²) in [7, 11) is 1.99. The molecule has 0 unspecified atom stereocenters. The first-order chi connectivity index (χ1) is 6.91. The van der Waals surface area contributed by atoms with E-state index in [0.717, 1.165) is 20.9 Å². The summed E-state index contributed by atoms with van der Waals surface area (Å²) in [5.41, 5.74) is 1.26. The number of nitrogens with zero attached hydrogens (tertiary/aromatic N) is 1. The van der Waals surface area contributed by atoms with Crippen molar-refractivity contribution in [2.45, 2.75) is 19.4 Å². The van der Waals surface area contributed by atoms with E-state index in [2.05, 4.69) is 22.0 Å². The molecule has 3 heteroatoms. The fourth-order valence-corrected chi connectivity index (χ4v) is 2.43. The number of halogens is 1. The predicted molar refractivity (Wildman–Crippen MR) is 65.9 cm³/mol. The minimum atomic E-state index is -0.816. The van der Waals surface area contributed by atoms with Gasteiger partial charge in [-0.1, -0.05) is 22.0 Å². The SMILES string of the molecule is Cn1cc(C(C)(C)O)c2c(Br)cccc21. The molecule has 2 rings (SSSR count). The molecule has 80 valence electrons. The maximum atomic E-state index is 10.1. The van der Waals surface area contributed by atoms with Crippen molar-refractivity contribution in [1.29, 1.82) is 0 Å². The summed E-state index contributed by atoms with van der Waals surface area (Å²) in [5.74, 6) is 0. The standard InChI is InChI=1S/C12H14BrNO/c1-12(2,15)8-7-14(3)10-6-4-5-9(13)11(8)10/h4-7,15H,1-3H3. The average Bonchev–Trinajstić information content (AvgIpc) is 2.45. The van der Waals surface area contributed by atoms with Crippen LogP contribution in [-0.4, -0.2) is 9.67 Å². The van der Waals surface area contributed by atoms with Crippen LogP contribution in [0.5, 0.6) is 0 Å². The molecule has 2 aromatic rings. The highest BCUT2D eigenvalue weighted by molar-refractivity contribution is 9.10. The van der Waals surface area contributed by atoms with Crippen LogP contribution < -0.4 is 0 Å². The molecule has 1 aromatic heterocycles. The Bertz CT molecular complexity index is 508. The minimum Gasteiger partial charge on any atom is -0.386 e. The van der Waals surface area contributed by atoms with Gasteiger partial charge in [0, 0.05) is 34.2 Å². The zero-order valence-electron chi connectivity index (χ0n) is 9.08. The largest absolute Gasteiger partial charge is 0.386 e. The maximum absolute atomic E-state index is 10.1. The second-order valence-electron chi connectivity index (χ2n) is 4.35. The molecule has 1 N–H and O–H groups in total. The van der Waals surface area contributed by atoms with Crippen molar-refractivity contribution in [2.75, 3.05) is 0 Å². The Hall–Kier alpha value is -0.800. The molecule has 0 aliphatic carbocycles. The van der Waals surface area contributed by atoms with Gasteiger partial charge in [0.15, 0.2) is 0 Å². The van der Waals surface area contributed by atoms with E-state index in [0.29, 0.717) is 0 Å². The summed E-state index contributed by atoms with van der Waals surface area (Å²) < 4.78 is 3.06. The summed E-state index contributed by atoms with van der Waals surface area (Å²) in [5, 5.41) is 11.2. The molecule has 0 spiro atoms. The number of benzene rings is 1. The van der Waals surface area contributed by atoms with Crippen molar-refractivity contribution in [3.8, 4) is 0 Å². The number of aromatic nitrogens is 1. The summed E-state index contributed by atoms with van der Waals surface area (Å²) >= 11 is 3.53. The number of hydrogen-bond acceptors (Lipinski definition) is 1. The van der Waals surface area contributed by atoms with E-state index in [9.17, 15) is 5.11 Å². The summed E-state index contributed by atoms with van der Waals surface area (Å²) in [4.78, 5) is 0. The molecular weight excluding hydrogens is 254 g/mol. The van der Waals surface area contributed by atoms with Gasteiger partial charge in [-0.2, -0.15) is 0 Å². The molecule has 1 heterocycles. The highest BCUT2D eigenvalue weighted by Crippen LogP contribution is 2.34. The molecule has 0 fully saturated rings. The monoisotopic (exact) mass is 267 g/mol. The molecule has 2 nitrogen and oxygen atoms in total. The zero-order valence-corrected chi connectivity index (χ0v) is 10.7. The summed E-state index contributed by atoms with van der Waals surface area (Å²) in [6.07, 6.45) is 1.98. The van der Waals surface area contributed by atoms with Crippen LogP contribution in [0.2, 0.25) is 0 Å². The highest BCUT2D eigenvalue weighted by atomic mass is 79.9. The first-order valence-corrected chi connectivity index (χ1v) is 5.67. The van der Waals surface area contributed by atoms with Crippen LogP contribution in [0.25, 0.3) is 10.9 Å². The van der Waals surface area contributed by atoms with Gasteiger partial charge in [-0.15, -0.1) is 0 Å². The Morgan fingerprint density at radius 1 is 1.33 bits per heavy atom. The lowest BCUT2D eigenvalue weighted by atomic mass is 9.98. The molecule has 0 aliphatic heterocycles. The summed E-state index contributed by atoms with van der Waals surface area (Å²) in [6.45, 7) is 3.61. The van der Waals surface area contributed by atoms with Crippen molar-refractivity contribution in [1.82, 2.24) is 4.57 Å². The van der Waals surface area contributed by atoms with Gasteiger partial charge in [0.2, 0.25) is 0 Å². The van der Waals surface area contributed by atoms with Crippen LogP contribution in [0.15, 0.2) is 28.9 Å². The van der Waals surface area contributed by atoms with Crippen LogP contribution in [-0.2, 0) is 12.6 Å². The summed E-state index contributed by atoms with van der Waals surface area (Å²) in [6, 6.07) is 6.05. The van der Waals surface area contributed by atoms with Crippen molar-refractivity contribution in [2.24, 2.45) is 7.05 Å². The fraction of sp³-hybridized carbons (Fsp3) is 0.333. The van der Waals surface area contributed by atoms with Gasteiger partial charge in [0.1, 0.15) is 0 Å². The Morgan fingerprint density at radius 3 is 2.60 bits per heavy atom. The molecule has 0 bridgehead atoms. The Morgan fingerprint density at radius 2 is 2.00 bits per heavy atom. The number of fused-ring (bicyclic) bond motifs is 1. The third kappa shape index (κ3) is 1.70. The van der Waals surface area contributed by atoms with Crippen LogP contribution in [0.3, 0.4) is 0 Å². The molecule has 0 saturated carbocycles. The van der Waals surface area contributed by atoms with E-state index in [1.807, 2.05) is 29.9 Å². The molecule has 1 aromatic carbocycles. The average molecular weight is 268 g/mol. The molecule has 0 amide bonds. The van der Waals surface area contributed by atoms with E-state index >= 15 is 0 Å². The Kier molecular flexibility index (Phi) is 2.40.